The summed E-state index contributed by atoms with van der Waals surface area (Å²) in [5.41, 5.74) is 2.02. The number of hydrogen-bond acceptors (Lipinski definition) is 4. The Hall–Kier alpha value is -2.24. The van der Waals surface area contributed by atoms with E-state index in [-0.39, 0.29) is 15.9 Å². The molecular formula is C18H14ClNO3S. The van der Waals surface area contributed by atoms with Crippen molar-refractivity contribution in [2.75, 3.05) is 7.11 Å². The van der Waals surface area contributed by atoms with E-state index in [1.165, 1.54) is 11.8 Å². The lowest BCUT2D eigenvalue weighted by atomic mass is 10.1. The van der Waals surface area contributed by atoms with Gasteiger partial charge in [0.25, 0.3) is 5.70 Å². The highest BCUT2D eigenvalue weighted by Crippen LogP contribution is 2.47. The molecule has 1 atom stereocenters. The molecule has 24 heavy (non-hydrogen) atoms. The van der Waals surface area contributed by atoms with Gasteiger partial charge in [-0.05, 0) is 41.5 Å². The zero-order valence-electron chi connectivity index (χ0n) is 12.8. The van der Waals surface area contributed by atoms with Crippen molar-refractivity contribution in [3.8, 4) is 5.75 Å². The molecule has 6 heteroatoms. The fourth-order valence-corrected chi connectivity index (χ4v) is 3.80. The van der Waals surface area contributed by atoms with Gasteiger partial charge in [-0.3, -0.25) is 10.1 Å². The molecule has 0 saturated heterocycles. The Kier molecular flexibility index (Phi) is 4.92. The molecule has 1 aliphatic rings. The third kappa shape index (κ3) is 3.47. The molecule has 4 nitrogen and oxygen atoms in total. The Morgan fingerprint density at radius 1 is 1.08 bits per heavy atom. The molecule has 2 aromatic rings. The third-order valence-electron chi connectivity index (χ3n) is 3.68. The first-order valence-electron chi connectivity index (χ1n) is 7.21. The van der Waals surface area contributed by atoms with E-state index in [2.05, 4.69) is 0 Å². The zero-order chi connectivity index (χ0) is 17.1. The molecule has 0 amide bonds. The van der Waals surface area contributed by atoms with Crippen LogP contribution in [-0.2, 0) is 0 Å². The molecule has 0 saturated carbocycles. The summed E-state index contributed by atoms with van der Waals surface area (Å²) < 4.78 is 5.15. The summed E-state index contributed by atoms with van der Waals surface area (Å²) >= 11 is 7.39. The maximum Gasteiger partial charge on any atom is 0.263 e. The van der Waals surface area contributed by atoms with Crippen molar-refractivity contribution in [3.63, 3.8) is 0 Å². The van der Waals surface area contributed by atoms with E-state index >= 15 is 0 Å². The largest absolute Gasteiger partial charge is 0.497 e. The number of hydrogen-bond donors (Lipinski definition) is 0. The number of methoxy groups -OCH3 is 1. The predicted molar refractivity (Wildman–Crippen MR) is 97.8 cm³/mol. The minimum atomic E-state index is -0.374. The first-order valence-corrected chi connectivity index (χ1v) is 8.47. The summed E-state index contributed by atoms with van der Waals surface area (Å²) in [5, 5.41) is 11.7. The highest BCUT2D eigenvalue weighted by atomic mass is 35.5. The standard InChI is InChI=1S/C18H14ClNO3S/c1-23-15-8-4-13(5-9-15)18-16(20(21)22)10-11-17(24-18)12-2-6-14(19)7-3-12/h2-11,18H,1H3. The van der Waals surface area contributed by atoms with Crippen molar-refractivity contribution in [2.24, 2.45) is 0 Å². The summed E-state index contributed by atoms with van der Waals surface area (Å²) in [5.74, 6) is 0.722. The smallest absolute Gasteiger partial charge is 0.263 e. The molecular weight excluding hydrogens is 346 g/mol. The molecule has 1 unspecified atom stereocenters. The van der Waals surface area contributed by atoms with Gasteiger partial charge in [0, 0.05) is 16.0 Å². The summed E-state index contributed by atoms with van der Waals surface area (Å²) in [6, 6.07) is 14.8. The molecule has 0 aliphatic carbocycles. The van der Waals surface area contributed by atoms with E-state index in [0.717, 1.165) is 21.8 Å². The lowest BCUT2D eigenvalue weighted by Crippen LogP contribution is -2.10. The number of nitrogens with zero attached hydrogens (tertiary/aromatic N) is 1. The van der Waals surface area contributed by atoms with Crippen LogP contribution in [0.1, 0.15) is 16.4 Å². The number of halogens is 1. The molecule has 1 aliphatic heterocycles. The van der Waals surface area contributed by atoms with Gasteiger partial charge in [-0.1, -0.05) is 35.9 Å². The Balaban J connectivity index is 1.96. The summed E-state index contributed by atoms with van der Waals surface area (Å²) in [7, 11) is 1.59. The summed E-state index contributed by atoms with van der Waals surface area (Å²) in [6.07, 6.45) is 3.36. The molecule has 2 aromatic carbocycles. The van der Waals surface area contributed by atoms with Crippen LogP contribution in [0.15, 0.2) is 66.4 Å². The molecule has 0 radical (unpaired) electrons. The minimum absolute atomic E-state index is 0.169. The second kappa shape index (κ2) is 7.11. The topological polar surface area (TPSA) is 52.4 Å². The lowest BCUT2D eigenvalue weighted by molar-refractivity contribution is -0.427. The fraction of sp³-hybridized carbons (Fsp3) is 0.111. The second-order valence-corrected chi connectivity index (χ2v) is 6.74. The zero-order valence-corrected chi connectivity index (χ0v) is 14.4. The lowest BCUT2D eigenvalue weighted by Gasteiger charge is -2.20. The molecule has 1 heterocycles. The maximum atomic E-state index is 11.4. The average molecular weight is 360 g/mol. The monoisotopic (exact) mass is 359 g/mol. The van der Waals surface area contributed by atoms with Crippen LogP contribution in [0.5, 0.6) is 5.75 Å². The van der Waals surface area contributed by atoms with Crippen molar-refractivity contribution in [1.82, 2.24) is 0 Å². The van der Waals surface area contributed by atoms with E-state index in [9.17, 15) is 10.1 Å². The molecule has 0 spiro atoms. The molecule has 3 rings (SSSR count). The van der Waals surface area contributed by atoms with Gasteiger partial charge >= 0.3 is 0 Å². The normalized spacial score (nSPS) is 17.0. The van der Waals surface area contributed by atoms with Gasteiger partial charge in [0.15, 0.2) is 0 Å². The van der Waals surface area contributed by atoms with Crippen molar-refractivity contribution in [3.05, 3.63) is 92.6 Å². The Labute approximate surface area is 148 Å². The number of nitro groups is 1. The van der Waals surface area contributed by atoms with Crippen LogP contribution < -0.4 is 4.74 Å². The fourth-order valence-electron chi connectivity index (χ4n) is 2.43. The van der Waals surface area contributed by atoms with Gasteiger partial charge in [-0.2, -0.15) is 0 Å². The molecule has 0 fully saturated rings. The van der Waals surface area contributed by atoms with Crippen molar-refractivity contribution in [2.45, 2.75) is 5.25 Å². The van der Waals surface area contributed by atoms with Gasteiger partial charge in [0.05, 0.1) is 12.0 Å². The number of benzene rings is 2. The molecule has 0 bridgehead atoms. The molecule has 122 valence electrons. The number of thioether (sulfide) groups is 1. The quantitative estimate of drug-likeness (QED) is 0.546. The van der Waals surface area contributed by atoms with Gasteiger partial charge in [-0.15, -0.1) is 11.8 Å². The van der Waals surface area contributed by atoms with Gasteiger partial charge in [-0.25, -0.2) is 0 Å². The SMILES string of the molecule is COc1ccc(C2SC(c3ccc(Cl)cc3)=CC=C2[N+](=O)[O-])cc1. The van der Waals surface area contributed by atoms with Crippen LogP contribution in [0.2, 0.25) is 5.02 Å². The van der Waals surface area contributed by atoms with Crippen LogP contribution in [0.3, 0.4) is 0 Å². The number of allylic oxidation sites excluding steroid dienone is 2. The highest BCUT2D eigenvalue weighted by Gasteiger charge is 2.31. The number of ether oxygens (including phenoxy) is 1. The first kappa shape index (κ1) is 16.6. The predicted octanol–water partition coefficient (Wildman–Crippen LogP) is 5.34. The van der Waals surface area contributed by atoms with Crippen LogP contribution in [-0.4, -0.2) is 12.0 Å². The third-order valence-corrected chi connectivity index (χ3v) is 5.30. The molecule has 0 aromatic heterocycles. The Morgan fingerprint density at radius 2 is 1.75 bits per heavy atom. The van der Waals surface area contributed by atoms with E-state index in [0.29, 0.717) is 5.02 Å². The van der Waals surface area contributed by atoms with Crippen molar-refractivity contribution in [1.29, 1.82) is 0 Å². The van der Waals surface area contributed by atoms with Crippen LogP contribution >= 0.6 is 23.4 Å². The second-order valence-electron chi connectivity index (χ2n) is 5.16. The van der Waals surface area contributed by atoms with E-state index in [4.69, 9.17) is 16.3 Å². The van der Waals surface area contributed by atoms with E-state index in [1.807, 2.05) is 48.5 Å². The Bertz CT molecular complexity index is 813. The first-order chi connectivity index (χ1) is 11.6. The maximum absolute atomic E-state index is 11.4. The summed E-state index contributed by atoms with van der Waals surface area (Å²) in [4.78, 5) is 12.0. The van der Waals surface area contributed by atoms with Crippen molar-refractivity contribution >= 4 is 28.3 Å². The van der Waals surface area contributed by atoms with E-state index in [1.54, 1.807) is 19.3 Å². The van der Waals surface area contributed by atoms with Crippen LogP contribution in [0.25, 0.3) is 4.91 Å². The van der Waals surface area contributed by atoms with Gasteiger partial charge < -0.3 is 4.74 Å². The number of rotatable bonds is 4. The Morgan fingerprint density at radius 3 is 2.33 bits per heavy atom. The van der Waals surface area contributed by atoms with Crippen LogP contribution in [0, 0.1) is 10.1 Å². The van der Waals surface area contributed by atoms with Crippen LogP contribution in [0.4, 0.5) is 0 Å². The van der Waals surface area contributed by atoms with Crippen molar-refractivity contribution < 1.29 is 9.66 Å². The molecule has 0 N–H and O–H groups in total. The average Bonchev–Trinajstić information content (AvgIpc) is 2.62. The van der Waals surface area contributed by atoms with Gasteiger partial charge in [0.1, 0.15) is 11.0 Å². The van der Waals surface area contributed by atoms with Gasteiger partial charge in [0.2, 0.25) is 0 Å². The summed E-state index contributed by atoms with van der Waals surface area (Å²) in [6.45, 7) is 0. The minimum Gasteiger partial charge on any atom is -0.497 e. The van der Waals surface area contributed by atoms with E-state index < -0.39 is 0 Å². The highest BCUT2D eigenvalue weighted by molar-refractivity contribution is 8.08.